The molecule has 1 aromatic carbocycles. The molecule has 1 atom stereocenters. The summed E-state index contributed by atoms with van der Waals surface area (Å²) in [6.07, 6.45) is 0.917. The minimum absolute atomic E-state index is 0.0668. The van der Waals surface area contributed by atoms with Crippen LogP contribution in [-0.4, -0.2) is 53.5 Å². The van der Waals surface area contributed by atoms with Crippen molar-refractivity contribution < 1.29 is 24.2 Å². The number of carbonyl (C=O) groups is 2. The highest BCUT2D eigenvalue weighted by atomic mass is 32.1. The Morgan fingerprint density at radius 1 is 1.28 bits per heavy atom. The van der Waals surface area contributed by atoms with Crippen molar-refractivity contribution in [2.75, 3.05) is 26.9 Å². The first-order valence-electron chi connectivity index (χ1n) is 10.7. The Labute approximate surface area is 192 Å². The molecule has 0 saturated heterocycles. The lowest BCUT2D eigenvalue weighted by atomic mass is 9.95. The Balaban J connectivity index is 2.01. The molecule has 1 aliphatic rings. The molecule has 0 radical (unpaired) electrons. The van der Waals surface area contributed by atoms with Crippen LogP contribution in [0.15, 0.2) is 35.6 Å². The molecule has 0 saturated carbocycles. The van der Waals surface area contributed by atoms with E-state index in [0.717, 1.165) is 11.4 Å². The van der Waals surface area contributed by atoms with Gasteiger partial charge in [0.05, 0.1) is 40.4 Å². The van der Waals surface area contributed by atoms with Gasteiger partial charge in [-0.15, -0.1) is 11.3 Å². The highest BCUT2D eigenvalue weighted by Gasteiger charge is 2.44. The fourth-order valence-corrected chi connectivity index (χ4v) is 4.58. The monoisotopic (exact) mass is 458 g/mol. The van der Waals surface area contributed by atoms with Crippen LogP contribution in [0.1, 0.15) is 52.2 Å². The van der Waals surface area contributed by atoms with Crippen LogP contribution in [0.2, 0.25) is 0 Å². The number of nitrogens with zero attached hydrogens (tertiary/aromatic N) is 2. The van der Waals surface area contributed by atoms with Gasteiger partial charge in [0.25, 0.3) is 5.91 Å². The van der Waals surface area contributed by atoms with E-state index in [1.165, 1.54) is 16.2 Å². The van der Waals surface area contributed by atoms with Gasteiger partial charge in [0.15, 0.2) is 5.76 Å². The minimum atomic E-state index is -0.736. The summed E-state index contributed by atoms with van der Waals surface area (Å²) in [5.74, 6) is -0.307. The van der Waals surface area contributed by atoms with E-state index >= 15 is 0 Å². The van der Waals surface area contributed by atoms with E-state index in [1.807, 2.05) is 31.2 Å². The third-order valence-electron chi connectivity index (χ3n) is 5.33. The zero-order valence-corrected chi connectivity index (χ0v) is 20.0. The highest BCUT2D eigenvalue weighted by Crippen LogP contribution is 2.40. The smallest absolute Gasteiger partial charge is 0.290 e. The quantitative estimate of drug-likeness (QED) is 0.531. The lowest BCUT2D eigenvalue weighted by Crippen LogP contribution is -2.34. The van der Waals surface area contributed by atoms with Gasteiger partial charge >= 0.3 is 0 Å². The second kappa shape index (κ2) is 10.3. The standard InChI is InChI=1S/C24H30N2O5S/c1-14(2)9-11-31-18-8-6-7-17(13-18)20-19(21(27)23-15(3)25-16(4)32-23)22(28)24(29)26(20)10-12-30-5/h6-8,13-14,20,28H,9-12H2,1-5H3. The van der Waals surface area contributed by atoms with Crippen molar-refractivity contribution in [3.05, 3.63) is 56.7 Å². The molecule has 0 fully saturated rings. The van der Waals surface area contributed by atoms with Gasteiger partial charge < -0.3 is 19.5 Å². The van der Waals surface area contributed by atoms with E-state index in [1.54, 1.807) is 14.0 Å². The van der Waals surface area contributed by atoms with Crippen LogP contribution in [0.5, 0.6) is 5.75 Å². The van der Waals surface area contributed by atoms with Crippen LogP contribution in [0.3, 0.4) is 0 Å². The number of aryl methyl sites for hydroxylation is 2. The summed E-state index contributed by atoms with van der Waals surface area (Å²) in [4.78, 5) is 32.6. The maximum Gasteiger partial charge on any atom is 0.290 e. The van der Waals surface area contributed by atoms with Crippen molar-refractivity contribution in [1.29, 1.82) is 0 Å². The molecule has 1 amide bonds. The normalized spacial score (nSPS) is 16.4. The summed E-state index contributed by atoms with van der Waals surface area (Å²) in [6.45, 7) is 8.93. The number of methoxy groups -OCH3 is 1. The summed E-state index contributed by atoms with van der Waals surface area (Å²) in [5, 5.41) is 11.5. The number of thiazole rings is 1. The van der Waals surface area contributed by atoms with Crippen LogP contribution in [0.4, 0.5) is 0 Å². The van der Waals surface area contributed by atoms with E-state index in [4.69, 9.17) is 9.47 Å². The number of aliphatic hydroxyl groups excluding tert-OH is 1. The fourth-order valence-electron chi connectivity index (χ4n) is 3.70. The van der Waals surface area contributed by atoms with Crippen molar-refractivity contribution in [3.8, 4) is 5.75 Å². The van der Waals surface area contributed by atoms with E-state index in [2.05, 4.69) is 18.8 Å². The predicted octanol–water partition coefficient (Wildman–Crippen LogP) is 4.41. The zero-order valence-electron chi connectivity index (χ0n) is 19.2. The third-order valence-corrected chi connectivity index (χ3v) is 6.40. The summed E-state index contributed by atoms with van der Waals surface area (Å²) < 4.78 is 11.1. The lowest BCUT2D eigenvalue weighted by molar-refractivity contribution is -0.130. The molecule has 1 N–H and O–H groups in total. The number of hydrogen-bond donors (Lipinski definition) is 1. The number of benzene rings is 1. The Bertz CT molecular complexity index is 1030. The van der Waals surface area contributed by atoms with Crippen LogP contribution in [0.25, 0.3) is 0 Å². The van der Waals surface area contributed by atoms with Gasteiger partial charge in [0.1, 0.15) is 5.75 Å². The second-order valence-corrected chi connectivity index (χ2v) is 9.44. The third kappa shape index (κ3) is 5.02. The number of ketones is 1. The predicted molar refractivity (Wildman–Crippen MR) is 123 cm³/mol. The van der Waals surface area contributed by atoms with Crippen molar-refractivity contribution >= 4 is 23.0 Å². The topological polar surface area (TPSA) is 89.0 Å². The largest absolute Gasteiger partial charge is 0.503 e. The molecule has 0 aliphatic carbocycles. The maximum absolute atomic E-state index is 13.5. The van der Waals surface area contributed by atoms with Gasteiger partial charge in [0.2, 0.25) is 5.78 Å². The molecule has 2 heterocycles. The minimum Gasteiger partial charge on any atom is -0.503 e. The van der Waals surface area contributed by atoms with E-state index in [9.17, 15) is 14.7 Å². The van der Waals surface area contributed by atoms with Crippen molar-refractivity contribution in [2.45, 2.75) is 40.2 Å². The number of aliphatic hydroxyl groups is 1. The van der Waals surface area contributed by atoms with E-state index in [0.29, 0.717) is 34.4 Å². The van der Waals surface area contributed by atoms with E-state index in [-0.39, 0.29) is 24.5 Å². The average molecular weight is 459 g/mol. The molecular weight excluding hydrogens is 428 g/mol. The summed E-state index contributed by atoms with van der Waals surface area (Å²) in [6, 6.07) is 6.61. The summed E-state index contributed by atoms with van der Waals surface area (Å²) >= 11 is 1.26. The second-order valence-electron chi connectivity index (χ2n) is 8.24. The van der Waals surface area contributed by atoms with Crippen LogP contribution in [-0.2, 0) is 9.53 Å². The molecule has 8 heteroatoms. The van der Waals surface area contributed by atoms with Gasteiger partial charge in [-0.3, -0.25) is 9.59 Å². The van der Waals surface area contributed by atoms with Crippen LogP contribution in [0, 0.1) is 19.8 Å². The molecule has 0 bridgehead atoms. The molecule has 172 valence electrons. The molecule has 2 aromatic rings. The molecule has 1 aromatic heterocycles. The van der Waals surface area contributed by atoms with E-state index < -0.39 is 17.7 Å². The Kier molecular flexibility index (Phi) is 7.69. The summed E-state index contributed by atoms with van der Waals surface area (Å²) in [7, 11) is 1.54. The average Bonchev–Trinajstić information content (AvgIpc) is 3.21. The molecule has 3 rings (SSSR count). The Morgan fingerprint density at radius 3 is 2.66 bits per heavy atom. The van der Waals surface area contributed by atoms with Gasteiger partial charge in [-0.05, 0) is 43.9 Å². The van der Waals surface area contributed by atoms with Crippen molar-refractivity contribution in [2.24, 2.45) is 5.92 Å². The first-order chi connectivity index (χ1) is 15.2. The number of amides is 1. The first kappa shape index (κ1) is 23.9. The Hall–Kier alpha value is -2.71. The number of rotatable bonds is 10. The van der Waals surface area contributed by atoms with Gasteiger partial charge in [-0.1, -0.05) is 26.0 Å². The van der Waals surface area contributed by atoms with Gasteiger partial charge in [0, 0.05) is 13.7 Å². The number of carbonyl (C=O) groups excluding carboxylic acids is 2. The molecule has 0 spiro atoms. The van der Waals surface area contributed by atoms with Crippen LogP contribution >= 0.6 is 11.3 Å². The lowest BCUT2D eigenvalue weighted by Gasteiger charge is -2.26. The van der Waals surface area contributed by atoms with Crippen molar-refractivity contribution in [1.82, 2.24) is 9.88 Å². The molecule has 7 nitrogen and oxygen atoms in total. The number of aromatic nitrogens is 1. The molecular formula is C24H30N2O5S. The van der Waals surface area contributed by atoms with Gasteiger partial charge in [-0.2, -0.15) is 0 Å². The molecule has 32 heavy (non-hydrogen) atoms. The summed E-state index contributed by atoms with van der Waals surface area (Å²) in [5.41, 5.74) is 1.35. The number of ether oxygens (including phenoxy) is 2. The molecule has 1 aliphatic heterocycles. The number of Topliss-reactive ketones (excluding diaryl/α,β-unsaturated/α-hetero) is 1. The van der Waals surface area contributed by atoms with Crippen LogP contribution < -0.4 is 4.74 Å². The first-order valence-corrected chi connectivity index (χ1v) is 11.5. The fraction of sp³-hybridized carbons (Fsp3) is 0.458. The zero-order chi connectivity index (χ0) is 23.4. The van der Waals surface area contributed by atoms with Crippen molar-refractivity contribution in [3.63, 3.8) is 0 Å². The highest BCUT2D eigenvalue weighted by molar-refractivity contribution is 7.14. The maximum atomic E-state index is 13.5. The SMILES string of the molecule is COCCN1C(=O)C(O)=C(C(=O)c2sc(C)nc2C)C1c1cccc(OCCC(C)C)c1. The number of hydrogen-bond acceptors (Lipinski definition) is 7. The Morgan fingerprint density at radius 2 is 2.03 bits per heavy atom. The van der Waals surface area contributed by atoms with Gasteiger partial charge in [-0.25, -0.2) is 4.98 Å². The molecule has 1 unspecified atom stereocenters.